The van der Waals surface area contributed by atoms with Crippen molar-refractivity contribution in [3.63, 3.8) is 0 Å². The van der Waals surface area contributed by atoms with Crippen LogP contribution in [0.4, 0.5) is 0 Å². The van der Waals surface area contributed by atoms with Crippen LogP contribution in [0.1, 0.15) is 35.7 Å². The number of nitrogens with one attached hydrogen (secondary N) is 1. The summed E-state index contributed by atoms with van der Waals surface area (Å²) in [5.41, 5.74) is 1.62. The number of hydrogen-bond donors (Lipinski definition) is 2. The van der Waals surface area contributed by atoms with E-state index in [0.717, 1.165) is 5.56 Å². The summed E-state index contributed by atoms with van der Waals surface area (Å²) in [6, 6.07) is 8.99. The Hall–Kier alpha value is -2.63. The Kier molecular flexibility index (Phi) is 5.30. The fraction of sp³-hybridized carbons (Fsp3) is 0.312. The van der Waals surface area contributed by atoms with Crippen molar-refractivity contribution in [3.8, 4) is 0 Å². The van der Waals surface area contributed by atoms with E-state index in [9.17, 15) is 9.59 Å². The molecule has 0 bridgehead atoms. The number of rotatable bonds is 7. The molecule has 0 aliphatic carbocycles. The van der Waals surface area contributed by atoms with Crippen molar-refractivity contribution in [1.29, 1.82) is 0 Å². The molecule has 1 aromatic heterocycles. The molecule has 1 unspecified atom stereocenters. The first-order chi connectivity index (χ1) is 10.5. The van der Waals surface area contributed by atoms with Gasteiger partial charge in [0.1, 0.15) is 0 Å². The molecule has 0 saturated carbocycles. The van der Waals surface area contributed by atoms with Crippen LogP contribution in [-0.2, 0) is 11.3 Å². The van der Waals surface area contributed by atoms with E-state index in [1.165, 1.54) is 0 Å². The third-order valence-electron chi connectivity index (χ3n) is 3.29. The number of carbonyl (C=O) groups excluding carboxylic acids is 1. The number of carboxylic acid groups (broad SMARTS) is 1. The third kappa shape index (κ3) is 4.73. The average Bonchev–Trinajstić information content (AvgIpc) is 2.99. The van der Waals surface area contributed by atoms with Crippen LogP contribution in [0.3, 0.4) is 0 Å². The standard InChI is InChI=1S/C16H19N3O3/c1-12(3-8-15(20)21)18-16(22)14-6-4-13(5-7-14)11-19-10-2-9-17-19/h2,4-7,9-10,12H,3,8,11H2,1H3,(H,18,22)(H,20,21). The second-order valence-corrected chi connectivity index (χ2v) is 5.21. The van der Waals surface area contributed by atoms with Crippen molar-refractivity contribution < 1.29 is 14.7 Å². The summed E-state index contributed by atoms with van der Waals surface area (Å²) in [4.78, 5) is 22.6. The van der Waals surface area contributed by atoms with E-state index >= 15 is 0 Å². The van der Waals surface area contributed by atoms with Crippen molar-refractivity contribution in [1.82, 2.24) is 15.1 Å². The third-order valence-corrected chi connectivity index (χ3v) is 3.29. The second kappa shape index (κ2) is 7.40. The van der Waals surface area contributed by atoms with Crippen LogP contribution >= 0.6 is 0 Å². The van der Waals surface area contributed by atoms with E-state index in [1.807, 2.05) is 29.1 Å². The maximum atomic E-state index is 12.1. The summed E-state index contributed by atoms with van der Waals surface area (Å²) < 4.78 is 1.81. The topological polar surface area (TPSA) is 84.2 Å². The molecule has 0 aliphatic heterocycles. The molecule has 2 N–H and O–H groups in total. The Morgan fingerprint density at radius 1 is 1.32 bits per heavy atom. The van der Waals surface area contributed by atoms with E-state index in [4.69, 9.17) is 5.11 Å². The van der Waals surface area contributed by atoms with E-state index in [0.29, 0.717) is 18.5 Å². The predicted octanol–water partition coefficient (Wildman–Crippen LogP) is 1.91. The van der Waals surface area contributed by atoms with Gasteiger partial charge in [-0.3, -0.25) is 14.3 Å². The lowest BCUT2D eigenvalue weighted by Gasteiger charge is -2.13. The summed E-state index contributed by atoms with van der Waals surface area (Å²) in [5, 5.41) is 15.6. The quantitative estimate of drug-likeness (QED) is 0.818. The van der Waals surface area contributed by atoms with E-state index in [-0.39, 0.29) is 18.4 Å². The summed E-state index contributed by atoms with van der Waals surface area (Å²) in [6.07, 6.45) is 4.06. The van der Waals surface area contributed by atoms with Crippen LogP contribution in [0.25, 0.3) is 0 Å². The molecule has 0 aliphatic rings. The van der Waals surface area contributed by atoms with Crippen LogP contribution in [0.5, 0.6) is 0 Å². The maximum absolute atomic E-state index is 12.1. The molecule has 1 amide bonds. The molecular weight excluding hydrogens is 282 g/mol. The highest BCUT2D eigenvalue weighted by Crippen LogP contribution is 2.07. The molecule has 22 heavy (non-hydrogen) atoms. The molecule has 1 aromatic carbocycles. The monoisotopic (exact) mass is 301 g/mol. The van der Waals surface area contributed by atoms with Gasteiger partial charge in [-0.2, -0.15) is 5.10 Å². The number of carbonyl (C=O) groups is 2. The van der Waals surface area contributed by atoms with Crippen LogP contribution in [0.15, 0.2) is 42.7 Å². The number of benzene rings is 1. The van der Waals surface area contributed by atoms with Gasteiger partial charge in [0.15, 0.2) is 0 Å². The normalized spacial score (nSPS) is 11.9. The minimum Gasteiger partial charge on any atom is -0.481 e. The van der Waals surface area contributed by atoms with Gasteiger partial charge in [0.25, 0.3) is 5.91 Å². The van der Waals surface area contributed by atoms with Gasteiger partial charge < -0.3 is 10.4 Å². The first kappa shape index (κ1) is 15.8. The Morgan fingerprint density at radius 2 is 2.05 bits per heavy atom. The zero-order valence-electron chi connectivity index (χ0n) is 12.4. The molecule has 0 radical (unpaired) electrons. The molecule has 116 valence electrons. The number of nitrogens with zero attached hydrogens (tertiary/aromatic N) is 2. The largest absolute Gasteiger partial charge is 0.481 e. The lowest BCUT2D eigenvalue weighted by molar-refractivity contribution is -0.137. The summed E-state index contributed by atoms with van der Waals surface area (Å²) in [6.45, 7) is 2.46. The number of hydrogen-bond acceptors (Lipinski definition) is 3. The van der Waals surface area contributed by atoms with Crippen molar-refractivity contribution in [3.05, 3.63) is 53.9 Å². The van der Waals surface area contributed by atoms with E-state index < -0.39 is 5.97 Å². The van der Waals surface area contributed by atoms with Gasteiger partial charge in [0.2, 0.25) is 0 Å². The van der Waals surface area contributed by atoms with Crippen LogP contribution in [-0.4, -0.2) is 32.8 Å². The van der Waals surface area contributed by atoms with Gasteiger partial charge in [0, 0.05) is 30.4 Å². The van der Waals surface area contributed by atoms with Gasteiger partial charge in [-0.25, -0.2) is 0 Å². The molecule has 6 heteroatoms. The first-order valence-electron chi connectivity index (χ1n) is 7.13. The van der Waals surface area contributed by atoms with Gasteiger partial charge >= 0.3 is 5.97 Å². The molecular formula is C16H19N3O3. The van der Waals surface area contributed by atoms with Crippen LogP contribution < -0.4 is 5.32 Å². The van der Waals surface area contributed by atoms with Gasteiger partial charge in [-0.05, 0) is 37.1 Å². The van der Waals surface area contributed by atoms with Crippen LogP contribution in [0.2, 0.25) is 0 Å². The zero-order valence-corrected chi connectivity index (χ0v) is 12.4. The molecule has 6 nitrogen and oxygen atoms in total. The Balaban J connectivity index is 1.89. The summed E-state index contributed by atoms with van der Waals surface area (Å²) >= 11 is 0. The molecule has 2 rings (SSSR count). The molecule has 0 spiro atoms. The fourth-order valence-corrected chi connectivity index (χ4v) is 2.06. The maximum Gasteiger partial charge on any atom is 0.303 e. The Morgan fingerprint density at radius 3 is 2.64 bits per heavy atom. The Bertz CT molecular complexity index is 621. The van der Waals surface area contributed by atoms with Crippen molar-refractivity contribution in [2.75, 3.05) is 0 Å². The number of aliphatic carboxylic acids is 1. The lowest BCUT2D eigenvalue weighted by Crippen LogP contribution is -2.32. The highest BCUT2D eigenvalue weighted by atomic mass is 16.4. The van der Waals surface area contributed by atoms with E-state index in [2.05, 4.69) is 10.4 Å². The summed E-state index contributed by atoms with van der Waals surface area (Å²) in [7, 11) is 0. The zero-order chi connectivity index (χ0) is 15.9. The minimum absolute atomic E-state index is 0.0459. The molecule has 2 aromatic rings. The highest BCUT2D eigenvalue weighted by Gasteiger charge is 2.11. The van der Waals surface area contributed by atoms with Crippen LogP contribution in [0, 0.1) is 0 Å². The number of amides is 1. The summed E-state index contributed by atoms with van der Waals surface area (Å²) in [5.74, 6) is -1.05. The van der Waals surface area contributed by atoms with Gasteiger partial charge in [-0.15, -0.1) is 0 Å². The van der Waals surface area contributed by atoms with Gasteiger partial charge in [-0.1, -0.05) is 12.1 Å². The second-order valence-electron chi connectivity index (χ2n) is 5.21. The lowest BCUT2D eigenvalue weighted by atomic mass is 10.1. The molecule has 0 saturated heterocycles. The van der Waals surface area contributed by atoms with Crippen molar-refractivity contribution in [2.24, 2.45) is 0 Å². The molecule has 1 heterocycles. The SMILES string of the molecule is CC(CCC(=O)O)NC(=O)c1ccc(Cn2cccn2)cc1. The van der Waals surface area contributed by atoms with E-state index in [1.54, 1.807) is 25.3 Å². The number of aromatic nitrogens is 2. The average molecular weight is 301 g/mol. The van der Waals surface area contributed by atoms with Crippen molar-refractivity contribution in [2.45, 2.75) is 32.4 Å². The highest BCUT2D eigenvalue weighted by molar-refractivity contribution is 5.94. The first-order valence-corrected chi connectivity index (χ1v) is 7.13. The van der Waals surface area contributed by atoms with Crippen molar-refractivity contribution >= 4 is 11.9 Å². The smallest absolute Gasteiger partial charge is 0.303 e. The Labute approximate surface area is 128 Å². The number of carboxylic acids is 1. The van der Waals surface area contributed by atoms with Gasteiger partial charge in [0.05, 0.1) is 6.54 Å². The fourth-order valence-electron chi connectivity index (χ4n) is 2.06. The molecule has 1 atom stereocenters. The minimum atomic E-state index is -0.857. The predicted molar refractivity (Wildman–Crippen MR) is 81.6 cm³/mol. The molecule has 0 fully saturated rings.